The lowest BCUT2D eigenvalue weighted by molar-refractivity contribution is 0.454. The molecule has 0 bridgehead atoms. The molecule has 0 aliphatic heterocycles. The van der Waals surface area contributed by atoms with E-state index in [9.17, 15) is 0 Å². The van der Waals surface area contributed by atoms with E-state index >= 15 is 0 Å². The first-order valence-corrected chi connectivity index (χ1v) is 5.54. The summed E-state index contributed by atoms with van der Waals surface area (Å²) in [5, 5.41) is 3.62. The summed E-state index contributed by atoms with van der Waals surface area (Å²) in [5.41, 5.74) is 0. The standard InChI is InChI=1S/C12H19NO/c1-9-8-12(9)13-10(2)5-6-11-4-3-7-14-11/h3-4,7,9-10,12-13H,5-6,8H2,1-2H3. The van der Waals surface area contributed by atoms with Crippen LogP contribution >= 0.6 is 0 Å². The molecule has 0 radical (unpaired) electrons. The molecule has 0 spiro atoms. The van der Waals surface area contributed by atoms with Crippen LogP contribution in [0.2, 0.25) is 0 Å². The zero-order valence-electron chi connectivity index (χ0n) is 8.99. The van der Waals surface area contributed by atoms with Crippen molar-refractivity contribution in [2.45, 2.75) is 45.2 Å². The Morgan fingerprint density at radius 3 is 3.00 bits per heavy atom. The largest absolute Gasteiger partial charge is 0.469 e. The minimum atomic E-state index is 0.607. The van der Waals surface area contributed by atoms with Gasteiger partial charge in [-0.15, -0.1) is 0 Å². The molecule has 1 aromatic heterocycles. The summed E-state index contributed by atoms with van der Waals surface area (Å²) in [4.78, 5) is 0. The minimum Gasteiger partial charge on any atom is -0.469 e. The molecule has 2 nitrogen and oxygen atoms in total. The van der Waals surface area contributed by atoms with Gasteiger partial charge in [0.05, 0.1) is 6.26 Å². The highest BCUT2D eigenvalue weighted by molar-refractivity contribution is 4.99. The third-order valence-corrected chi connectivity index (χ3v) is 3.01. The second kappa shape index (κ2) is 4.18. The Balaban J connectivity index is 1.65. The van der Waals surface area contributed by atoms with E-state index in [1.807, 2.05) is 12.1 Å². The summed E-state index contributed by atoms with van der Waals surface area (Å²) in [7, 11) is 0. The van der Waals surface area contributed by atoms with Gasteiger partial charge in [-0.05, 0) is 37.8 Å². The molecule has 1 aromatic rings. The molecular formula is C12H19NO. The highest BCUT2D eigenvalue weighted by Crippen LogP contribution is 2.29. The van der Waals surface area contributed by atoms with E-state index in [0.717, 1.165) is 30.6 Å². The number of furan rings is 1. The molecule has 0 aromatic carbocycles. The Labute approximate surface area is 85.7 Å². The minimum absolute atomic E-state index is 0.607. The fourth-order valence-corrected chi connectivity index (χ4v) is 1.82. The second-order valence-electron chi connectivity index (χ2n) is 4.51. The predicted octanol–water partition coefficient (Wildman–Crippen LogP) is 2.60. The van der Waals surface area contributed by atoms with E-state index in [-0.39, 0.29) is 0 Å². The zero-order valence-corrected chi connectivity index (χ0v) is 8.99. The van der Waals surface area contributed by atoms with Crippen molar-refractivity contribution in [3.63, 3.8) is 0 Å². The van der Waals surface area contributed by atoms with Gasteiger partial charge >= 0.3 is 0 Å². The number of nitrogens with one attached hydrogen (secondary N) is 1. The summed E-state index contributed by atoms with van der Waals surface area (Å²) in [6.07, 6.45) is 5.31. The zero-order chi connectivity index (χ0) is 9.97. The Hall–Kier alpha value is -0.760. The molecule has 1 fully saturated rings. The van der Waals surface area contributed by atoms with Gasteiger partial charge in [-0.2, -0.15) is 0 Å². The van der Waals surface area contributed by atoms with Crippen LogP contribution < -0.4 is 5.32 Å². The van der Waals surface area contributed by atoms with Crippen molar-refractivity contribution in [1.82, 2.24) is 5.32 Å². The fraction of sp³-hybridized carbons (Fsp3) is 0.667. The third kappa shape index (κ3) is 2.61. The van der Waals surface area contributed by atoms with Gasteiger partial charge in [-0.25, -0.2) is 0 Å². The van der Waals surface area contributed by atoms with Gasteiger partial charge in [0.2, 0.25) is 0 Å². The van der Waals surface area contributed by atoms with Crippen molar-refractivity contribution in [2.24, 2.45) is 5.92 Å². The van der Waals surface area contributed by atoms with E-state index in [1.165, 1.54) is 6.42 Å². The smallest absolute Gasteiger partial charge is 0.103 e. The van der Waals surface area contributed by atoms with Gasteiger partial charge in [0.25, 0.3) is 0 Å². The van der Waals surface area contributed by atoms with Crippen molar-refractivity contribution in [3.8, 4) is 0 Å². The maximum Gasteiger partial charge on any atom is 0.103 e. The van der Waals surface area contributed by atoms with Crippen molar-refractivity contribution in [2.75, 3.05) is 0 Å². The lowest BCUT2D eigenvalue weighted by Crippen LogP contribution is -2.29. The quantitative estimate of drug-likeness (QED) is 0.777. The van der Waals surface area contributed by atoms with Crippen molar-refractivity contribution in [3.05, 3.63) is 24.2 Å². The maximum absolute atomic E-state index is 5.30. The Morgan fingerprint density at radius 1 is 1.64 bits per heavy atom. The van der Waals surface area contributed by atoms with Gasteiger partial charge in [0.1, 0.15) is 5.76 Å². The molecular weight excluding hydrogens is 174 g/mol. The van der Waals surface area contributed by atoms with Crippen LogP contribution in [0.15, 0.2) is 22.8 Å². The van der Waals surface area contributed by atoms with E-state index in [0.29, 0.717) is 6.04 Å². The normalized spacial score (nSPS) is 27.6. The molecule has 14 heavy (non-hydrogen) atoms. The molecule has 3 unspecified atom stereocenters. The first-order valence-electron chi connectivity index (χ1n) is 5.54. The van der Waals surface area contributed by atoms with Crippen LogP contribution in [-0.2, 0) is 6.42 Å². The molecule has 0 amide bonds. The van der Waals surface area contributed by atoms with Gasteiger partial charge in [-0.3, -0.25) is 0 Å². The van der Waals surface area contributed by atoms with Crippen molar-refractivity contribution < 1.29 is 4.42 Å². The van der Waals surface area contributed by atoms with Gasteiger partial charge < -0.3 is 9.73 Å². The van der Waals surface area contributed by atoms with Crippen LogP contribution in [0.3, 0.4) is 0 Å². The Kier molecular flexibility index (Phi) is 2.92. The van der Waals surface area contributed by atoms with E-state index < -0.39 is 0 Å². The predicted molar refractivity (Wildman–Crippen MR) is 57.2 cm³/mol. The Morgan fingerprint density at radius 2 is 2.43 bits per heavy atom. The summed E-state index contributed by atoms with van der Waals surface area (Å²) in [6, 6.07) is 5.39. The average molecular weight is 193 g/mol. The average Bonchev–Trinajstić information content (AvgIpc) is 2.71. The van der Waals surface area contributed by atoms with Crippen LogP contribution in [0.4, 0.5) is 0 Å². The topological polar surface area (TPSA) is 25.2 Å². The van der Waals surface area contributed by atoms with Crippen molar-refractivity contribution >= 4 is 0 Å². The molecule has 3 atom stereocenters. The Bertz CT molecular complexity index is 268. The molecule has 1 aliphatic rings. The maximum atomic E-state index is 5.30. The lowest BCUT2D eigenvalue weighted by atomic mass is 10.1. The molecule has 1 saturated carbocycles. The monoisotopic (exact) mass is 193 g/mol. The number of hydrogen-bond donors (Lipinski definition) is 1. The van der Waals surface area contributed by atoms with Crippen LogP contribution in [0.25, 0.3) is 0 Å². The summed E-state index contributed by atoms with van der Waals surface area (Å²) in [5.74, 6) is 1.99. The van der Waals surface area contributed by atoms with Gasteiger partial charge in [0, 0.05) is 18.5 Å². The number of rotatable bonds is 5. The molecule has 2 heteroatoms. The van der Waals surface area contributed by atoms with Gasteiger partial charge in [-0.1, -0.05) is 6.92 Å². The number of aryl methyl sites for hydroxylation is 1. The van der Waals surface area contributed by atoms with Crippen LogP contribution in [0.5, 0.6) is 0 Å². The highest BCUT2D eigenvalue weighted by atomic mass is 16.3. The summed E-state index contributed by atoms with van der Waals surface area (Å²) >= 11 is 0. The highest BCUT2D eigenvalue weighted by Gasteiger charge is 2.32. The third-order valence-electron chi connectivity index (χ3n) is 3.01. The molecule has 2 rings (SSSR count). The molecule has 78 valence electrons. The molecule has 1 aliphatic carbocycles. The van der Waals surface area contributed by atoms with E-state index in [2.05, 4.69) is 19.2 Å². The SMILES string of the molecule is CC(CCc1ccco1)NC1CC1C. The van der Waals surface area contributed by atoms with E-state index in [1.54, 1.807) is 6.26 Å². The van der Waals surface area contributed by atoms with Crippen LogP contribution in [0.1, 0.15) is 32.4 Å². The fourth-order valence-electron chi connectivity index (χ4n) is 1.82. The molecule has 0 saturated heterocycles. The molecule has 1 heterocycles. The lowest BCUT2D eigenvalue weighted by Gasteiger charge is -2.12. The van der Waals surface area contributed by atoms with Crippen LogP contribution in [0, 0.1) is 5.92 Å². The van der Waals surface area contributed by atoms with Gasteiger partial charge in [0.15, 0.2) is 0 Å². The second-order valence-corrected chi connectivity index (χ2v) is 4.51. The molecule has 1 N–H and O–H groups in total. The summed E-state index contributed by atoms with van der Waals surface area (Å²) in [6.45, 7) is 4.56. The summed E-state index contributed by atoms with van der Waals surface area (Å²) < 4.78 is 5.30. The van der Waals surface area contributed by atoms with E-state index in [4.69, 9.17) is 4.42 Å². The van der Waals surface area contributed by atoms with Crippen molar-refractivity contribution in [1.29, 1.82) is 0 Å². The first-order chi connectivity index (χ1) is 6.75. The first kappa shape index (κ1) is 9.78. The number of hydrogen-bond acceptors (Lipinski definition) is 2. The van der Waals surface area contributed by atoms with Crippen LogP contribution in [-0.4, -0.2) is 12.1 Å².